The lowest BCUT2D eigenvalue weighted by molar-refractivity contribution is 0.0253. The van der Waals surface area contributed by atoms with Gasteiger partial charge in [0.2, 0.25) is 0 Å². The summed E-state index contributed by atoms with van der Waals surface area (Å²) in [6.45, 7) is 10.3. The van der Waals surface area contributed by atoms with E-state index in [0.29, 0.717) is 30.8 Å². The zero-order chi connectivity index (χ0) is 28.3. The van der Waals surface area contributed by atoms with Gasteiger partial charge in [0.1, 0.15) is 5.69 Å². The Bertz CT molecular complexity index is 1450. The van der Waals surface area contributed by atoms with E-state index in [1.165, 1.54) is 11.6 Å². The summed E-state index contributed by atoms with van der Waals surface area (Å²) in [6, 6.07) is 15.6. The van der Waals surface area contributed by atoms with Gasteiger partial charge >= 0.3 is 0 Å². The van der Waals surface area contributed by atoms with Crippen molar-refractivity contribution in [1.82, 2.24) is 20.3 Å². The number of hydrogen-bond acceptors (Lipinski definition) is 5. The Morgan fingerprint density at radius 1 is 1.02 bits per heavy atom. The predicted molar refractivity (Wildman–Crippen MR) is 164 cm³/mol. The molecular formula is C32H39BrN4O3. The molecule has 0 aliphatic carbocycles. The highest BCUT2D eigenvalue weighted by Gasteiger charge is 2.38. The fourth-order valence-corrected chi connectivity index (χ4v) is 6.24. The number of likely N-dealkylation sites (tertiary alicyclic amines) is 2. The number of hydroxylamine groups is 1. The largest absolute Gasteiger partial charge is 0.350 e. The smallest absolute Gasteiger partial charge is 0.270 e. The van der Waals surface area contributed by atoms with Gasteiger partial charge in [0.05, 0.1) is 17.8 Å². The minimum absolute atomic E-state index is 0.0419. The Labute approximate surface area is 244 Å². The number of halogens is 1. The summed E-state index contributed by atoms with van der Waals surface area (Å²) in [7, 11) is 0. The molecule has 0 radical (unpaired) electrons. The average molecular weight is 608 g/mol. The quantitative estimate of drug-likeness (QED) is 0.328. The maximum Gasteiger partial charge on any atom is 0.270 e. The number of rotatable bonds is 7. The van der Waals surface area contributed by atoms with E-state index in [0.717, 1.165) is 72.0 Å². The lowest BCUT2D eigenvalue weighted by Gasteiger charge is -2.48. The molecule has 40 heavy (non-hydrogen) atoms. The fourth-order valence-electron chi connectivity index (χ4n) is 5.98. The van der Waals surface area contributed by atoms with Crippen molar-refractivity contribution in [3.8, 4) is 0 Å². The fraction of sp³-hybridized carbons (Fsp3) is 0.438. The van der Waals surface area contributed by atoms with Gasteiger partial charge in [-0.1, -0.05) is 41.1 Å². The summed E-state index contributed by atoms with van der Waals surface area (Å²) >= 11 is 3.53. The molecular weight excluding hydrogens is 568 g/mol. The number of fused-ring (bicyclic) bond motifs is 1. The number of aromatic nitrogens is 1. The maximum absolute atomic E-state index is 13.4. The first-order valence-electron chi connectivity index (χ1n) is 14.4. The maximum atomic E-state index is 13.4. The number of aromatic amines is 1. The van der Waals surface area contributed by atoms with Gasteiger partial charge in [0.25, 0.3) is 5.91 Å². The van der Waals surface area contributed by atoms with Crippen molar-refractivity contribution >= 4 is 38.4 Å². The van der Waals surface area contributed by atoms with Crippen LogP contribution in [0.3, 0.4) is 0 Å². The van der Waals surface area contributed by atoms with Crippen molar-refractivity contribution in [2.75, 3.05) is 32.8 Å². The molecule has 3 heterocycles. The van der Waals surface area contributed by atoms with Crippen LogP contribution in [0.1, 0.15) is 68.1 Å². The van der Waals surface area contributed by atoms with Gasteiger partial charge in [-0.3, -0.25) is 24.8 Å². The Morgan fingerprint density at radius 2 is 1.73 bits per heavy atom. The molecule has 212 valence electrons. The lowest BCUT2D eigenvalue weighted by atomic mass is 9.85. The molecule has 2 aliphatic heterocycles. The molecule has 0 spiro atoms. The predicted octanol–water partition coefficient (Wildman–Crippen LogP) is 5.90. The monoisotopic (exact) mass is 606 g/mol. The van der Waals surface area contributed by atoms with Crippen LogP contribution in [0, 0.1) is 0 Å². The van der Waals surface area contributed by atoms with Gasteiger partial charge in [0.15, 0.2) is 5.43 Å². The first-order chi connectivity index (χ1) is 19.3. The highest BCUT2D eigenvalue weighted by atomic mass is 79.9. The minimum atomic E-state index is -0.111. The average Bonchev–Trinajstić information content (AvgIpc) is 2.98. The van der Waals surface area contributed by atoms with Crippen molar-refractivity contribution in [1.29, 1.82) is 0 Å². The second kappa shape index (κ2) is 12.3. The molecule has 3 aromatic rings. The molecule has 0 unspecified atom stereocenters. The zero-order valence-corrected chi connectivity index (χ0v) is 25.3. The number of piperidine rings is 2. The SMILES string of the molecule is CCONC(=C1CCN(C2(C)CCN(C(=O)c3cc(=O)c4ccc(CC)cc4[nH]3)CC2)CC1)c1ccc(Br)cc1. The first kappa shape index (κ1) is 28.6. The van der Waals surface area contributed by atoms with Crippen LogP contribution in [0.4, 0.5) is 0 Å². The molecule has 2 fully saturated rings. The Morgan fingerprint density at radius 3 is 2.38 bits per heavy atom. The van der Waals surface area contributed by atoms with Gasteiger partial charge in [0, 0.05) is 47.6 Å². The molecule has 1 amide bonds. The van der Waals surface area contributed by atoms with E-state index in [2.05, 4.69) is 69.4 Å². The van der Waals surface area contributed by atoms with Crippen LogP contribution < -0.4 is 10.9 Å². The van der Waals surface area contributed by atoms with Crippen LogP contribution in [0.2, 0.25) is 0 Å². The third kappa shape index (κ3) is 6.04. The number of amides is 1. The van der Waals surface area contributed by atoms with Crippen LogP contribution >= 0.6 is 15.9 Å². The summed E-state index contributed by atoms with van der Waals surface area (Å²) < 4.78 is 1.06. The van der Waals surface area contributed by atoms with Crippen molar-refractivity contribution in [2.24, 2.45) is 0 Å². The van der Waals surface area contributed by atoms with E-state index in [1.54, 1.807) is 0 Å². The zero-order valence-electron chi connectivity index (χ0n) is 23.7. The number of H-pyrrole nitrogens is 1. The number of aryl methyl sites for hydroxylation is 1. The molecule has 8 heteroatoms. The van der Waals surface area contributed by atoms with Crippen molar-refractivity contribution in [3.05, 3.63) is 85.6 Å². The molecule has 1 aromatic heterocycles. The highest BCUT2D eigenvalue weighted by Crippen LogP contribution is 2.34. The third-order valence-corrected chi connectivity index (χ3v) is 9.12. The molecule has 2 aliphatic rings. The second-order valence-corrected chi connectivity index (χ2v) is 12.0. The number of hydrogen-bond donors (Lipinski definition) is 2. The van der Waals surface area contributed by atoms with Gasteiger partial charge < -0.3 is 9.88 Å². The van der Waals surface area contributed by atoms with Gasteiger partial charge in [-0.15, -0.1) is 0 Å². The van der Waals surface area contributed by atoms with E-state index in [4.69, 9.17) is 4.84 Å². The molecule has 0 bridgehead atoms. The molecule has 7 nitrogen and oxygen atoms in total. The van der Waals surface area contributed by atoms with Crippen molar-refractivity contribution in [3.63, 3.8) is 0 Å². The first-order valence-corrected chi connectivity index (χ1v) is 15.2. The summed E-state index contributed by atoms with van der Waals surface area (Å²) in [5, 5.41) is 0.623. The molecule has 0 saturated carbocycles. The number of benzene rings is 2. The Hall–Kier alpha value is -2.94. The van der Waals surface area contributed by atoms with Gasteiger partial charge in [-0.2, -0.15) is 0 Å². The number of carbonyl (C=O) groups is 1. The summed E-state index contributed by atoms with van der Waals surface area (Å²) in [5.41, 5.74) is 8.99. The number of nitrogens with zero attached hydrogens (tertiary/aromatic N) is 2. The van der Waals surface area contributed by atoms with Crippen LogP contribution in [0.25, 0.3) is 16.6 Å². The third-order valence-electron chi connectivity index (χ3n) is 8.60. The Balaban J connectivity index is 1.24. The molecule has 0 atom stereocenters. The van der Waals surface area contributed by atoms with Gasteiger partial charge in [-0.05, 0) is 86.9 Å². The van der Waals surface area contributed by atoms with Gasteiger partial charge in [-0.25, -0.2) is 0 Å². The number of nitrogens with one attached hydrogen (secondary N) is 2. The minimum Gasteiger partial charge on any atom is -0.350 e. The van der Waals surface area contributed by atoms with E-state index < -0.39 is 0 Å². The normalized spacial score (nSPS) is 17.7. The standard InChI is InChI=1S/C32H39BrN4O3/c1-4-22-6-11-26-27(20-22)34-28(21-29(26)38)31(39)36-18-14-32(3,15-19-36)37-16-12-24(13-17-37)30(35-40-5-2)23-7-9-25(33)10-8-23/h6-11,20-21,35H,4-5,12-19H2,1-3H3,(H,34,38). The van der Waals surface area contributed by atoms with Crippen LogP contribution in [-0.4, -0.2) is 59.0 Å². The van der Waals surface area contributed by atoms with E-state index in [-0.39, 0.29) is 16.9 Å². The number of carbonyl (C=O) groups excluding carboxylic acids is 1. The van der Waals surface area contributed by atoms with Crippen LogP contribution in [0.5, 0.6) is 0 Å². The number of pyridine rings is 1. The summed E-state index contributed by atoms with van der Waals surface area (Å²) in [6.07, 6.45) is 4.64. The van der Waals surface area contributed by atoms with Crippen molar-refractivity contribution in [2.45, 2.75) is 58.4 Å². The van der Waals surface area contributed by atoms with E-state index in [9.17, 15) is 9.59 Å². The van der Waals surface area contributed by atoms with E-state index >= 15 is 0 Å². The summed E-state index contributed by atoms with van der Waals surface area (Å²) in [5.74, 6) is -0.0899. The molecule has 2 N–H and O–H groups in total. The second-order valence-electron chi connectivity index (χ2n) is 11.1. The molecule has 5 rings (SSSR count). The molecule has 2 saturated heterocycles. The van der Waals surface area contributed by atoms with Crippen molar-refractivity contribution < 1.29 is 9.63 Å². The topological polar surface area (TPSA) is 77.7 Å². The van der Waals surface area contributed by atoms with E-state index in [1.807, 2.05) is 30.0 Å². The Kier molecular flexibility index (Phi) is 8.78. The van der Waals surface area contributed by atoms with Crippen LogP contribution in [-0.2, 0) is 11.3 Å². The highest BCUT2D eigenvalue weighted by molar-refractivity contribution is 9.10. The lowest BCUT2D eigenvalue weighted by Crippen LogP contribution is -2.56. The van der Waals surface area contributed by atoms with Crippen LogP contribution in [0.15, 0.2) is 63.4 Å². The summed E-state index contributed by atoms with van der Waals surface area (Å²) in [4.78, 5) is 39.5. The molecule has 2 aromatic carbocycles.